The molecule has 1 saturated heterocycles. The van der Waals surface area contributed by atoms with Crippen LogP contribution in [0.5, 0.6) is 5.75 Å². The Kier molecular flexibility index (Phi) is 8.70. The summed E-state index contributed by atoms with van der Waals surface area (Å²) in [5.74, 6) is 1.56. The molecule has 4 rings (SSSR count). The van der Waals surface area contributed by atoms with Crippen LogP contribution in [-0.2, 0) is 16.0 Å². The predicted octanol–water partition coefficient (Wildman–Crippen LogP) is 3.75. The second-order valence-electron chi connectivity index (χ2n) is 8.10. The summed E-state index contributed by atoms with van der Waals surface area (Å²) in [6.45, 7) is 5.77. The number of aromatic nitrogens is 1. The number of hydrogen-bond donors (Lipinski definition) is 3. The Balaban J connectivity index is 1.36. The smallest absolute Gasteiger partial charge is 0.134 e. The fourth-order valence-corrected chi connectivity index (χ4v) is 3.73. The van der Waals surface area contributed by atoms with Crippen molar-refractivity contribution in [3.05, 3.63) is 78.0 Å². The molecular weight excluding hydrogens is 430 g/mol. The Bertz CT molecular complexity index is 1010. The largest absolute Gasteiger partial charge is 0.492 e. The zero-order valence-electron chi connectivity index (χ0n) is 19.6. The first-order valence-electron chi connectivity index (χ1n) is 11.6. The summed E-state index contributed by atoms with van der Waals surface area (Å²) < 4.78 is 16.6. The quantitative estimate of drug-likeness (QED) is 0.370. The van der Waals surface area contributed by atoms with Gasteiger partial charge in [0.25, 0.3) is 0 Å². The van der Waals surface area contributed by atoms with Gasteiger partial charge in [0.1, 0.15) is 24.4 Å². The maximum atomic E-state index is 6.13. The molecule has 1 aromatic heterocycles. The van der Waals surface area contributed by atoms with E-state index in [0.717, 1.165) is 55.5 Å². The Morgan fingerprint density at radius 2 is 1.85 bits per heavy atom. The van der Waals surface area contributed by atoms with Crippen molar-refractivity contribution in [2.45, 2.75) is 12.8 Å². The molecule has 3 aromatic rings. The van der Waals surface area contributed by atoms with Crippen molar-refractivity contribution in [2.75, 3.05) is 57.2 Å². The lowest BCUT2D eigenvalue weighted by atomic mass is 10.1. The molecule has 0 amide bonds. The molecule has 0 radical (unpaired) electrons. The number of nitrogens with zero attached hydrogens (tertiary/aromatic N) is 2. The van der Waals surface area contributed by atoms with Crippen molar-refractivity contribution in [1.82, 2.24) is 9.88 Å². The average molecular weight is 464 g/mol. The van der Waals surface area contributed by atoms with E-state index < -0.39 is 6.23 Å². The monoisotopic (exact) mass is 463 g/mol. The molecule has 4 N–H and O–H groups in total. The first-order chi connectivity index (χ1) is 16.7. The summed E-state index contributed by atoms with van der Waals surface area (Å²) >= 11 is 0. The van der Waals surface area contributed by atoms with E-state index in [4.69, 9.17) is 19.9 Å². The highest BCUT2D eigenvalue weighted by Gasteiger charge is 2.13. The van der Waals surface area contributed by atoms with Crippen LogP contribution in [0.1, 0.15) is 17.4 Å². The van der Waals surface area contributed by atoms with Crippen molar-refractivity contribution in [3.8, 4) is 5.75 Å². The summed E-state index contributed by atoms with van der Waals surface area (Å²) in [6.07, 6.45) is 1.18. The molecule has 1 aliphatic rings. The minimum absolute atomic E-state index is 0.561. The summed E-state index contributed by atoms with van der Waals surface area (Å²) in [7, 11) is 1.59. The van der Waals surface area contributed by atoms with Gasteiger partial charge in [0.05, 0.1) is 13.2 Å². The second kappa shape index (κ2) is 12.3. The van der Waals surface area contributed by atoms with Crippen LogP contribution in [-0.4, -0.2) is 56.4 Å². The third kappa shape index (κ3) is 6.91. The number of nitrogens with one attached hydrogen (secondary N) is 2. The van der Waals surface area contributed by atoms with Gasteiger partial charge in [0, 0.05) is 62.5 Å². The van der Waals surface area contributed by atoms with Crippen molar-refractivity contribution >= 4 is 17.2 Å². The van der Waals surface area contributed by atoms with Crippen LogP contribution in [0.4, 0.5) is 17.2 Å². The van der Waals surface area contributed by atoms with Gasteiger partial charge in [0.2, 0.25) is 0 Å². The lowest BCUT2D eigenvalue weighted by Gasteiger charge is -2.26. The number of benzene rings is 2. The fourth-order valence-electron chi connectivity index (χ4n) is 3.73. The van der Waals surface area contributed by atoms with Crippen molar-refractivity contribution in [2.24, 2.45) is 5.73 Å². The molecule has 8 nitrogen and oxygen atoms in total. The number of morpholine rings is 1. The van der Waals surface area contributed by atoms with Gasteiger partial charge in [-0.2, -0.15) is 0 Å². The zero-order chi connectivity index (χ0) is 23.6. The topological polar surface area (TPSA) is 93.9 Å². The highest BCUT2D eigenvalue weighted by atomic mass is 16.5. The van der Waals surface area contributed by atoms with E-state index in [0.29, 0.717) is 19.0 Å². The maximum Gasteiger partial charge on any atom is 0.134 e. The van der Waals surface area contributed by atoms with E-state index in [2.05, 4.69) is 32.7 Å². The number of rotatable bonds is 11. The molecule has 34 heavy (non-hydrogen) atoms. The van der Waals surface area contributed by atoms with Gasteiger partial charge in [0.15, 0.2) is 0 Å². The van der Waals surface area contributed by atoms with E-state index in [1.807, 2.05) is 48.5 Å². The van der Waals surface area contributed by atoms with E-state index >= 15 is 0 Å². The summed E-state index contributed by atoms with van der Waals surface area (Å²) in [6, 6.07) is 20.0. The SMILES string of the molecule is COC(N)c1cnc(Nc2ccc(OCCN3CCOCC3)cc2)cc1NCc1ccccc1. The van der Waals surface area contributed by atoms with E-state index in [1.54, 1.807) is 13.3 Å². The van der Waals surface area contributed by atoms with Crippen molar-refractivity contribution in [1.29, 1.82) is 0 Å². The number of methoxy groups -OCH3 is 1. The molecule has 1 aliphatic heterocycles. The number of nitrogens with two attached hydrogens (primary N) is 1. The molecule has 0 saturated carbocycles. The molecule has 2 aromatic carbocycles. The van der Waals surface area contributed by atoms with Gasteiger partial charge >= 0.3 is 0 Å². The minimum Gasteiger partial charge on any atom is -0.492 e. The molecule has 180 valence electrons. The van der Waals surface area contributed by atoms with Gasteiger partial charge in [-0.3, -0.25) is 4.90 Å². The van der Waals surface area contributed by atoms with Crippen LogP contribution in [0.2, 0.25) is 0 Å². The van der Waals surface area contributed by atoms with Crippen LogP contribution in [0.15, 0.2) is 66.9 Å². The van der Waals surface area contributed by atoms with Crippen LogP contribution in [0, 0.1) is 0 Å². The Morgan fingerprint density at radius 1 is 1.09 bits per heavy atom. The van der Waals surface area contributed by atoms with Crippen LogP contribution >= 0.6 is 0 Å². The molecule has 0 aliphatic carbocycles. The molecular formula is C26H33N5O3. The van der Waals surface area contributed by atoms with E-state index in [1.165, 1.54) is 5.56 Å². The standard InChI is InChI=1S/C26H33N5O3/c1-32-26(27)23-19-29-25(17-24(23)28-18-20-5-3-2-4-6-20)30-21-7-9-22(10-8-21)34-16-13-31-11-14-33-15-12-31/h2-10,17,19,26H,11-16,18,27H2,1H3,(H2,28,29,30). The highest BCUT2D eigenvalue weighted by Crippen LogP contribution is 2.27. The fraction of sp³-hybridized carbons (Fsp3) is 0.346. The van der Waals surface area contributed by atoms with Gasteiger partial charge in [-0.25, -0.2) is 4.98 Å². The molecule has 0 bridgehead atoms. The first kappa shape index (κ1) is 24.0. The Labute approximate surface area is 201 Å². The molecule has 1 unspecified atom stereocenters. The van der Waals surface area contributed by atoms with Gasteiger partial charge < -0.3 is 30.6 Å². The van der Waals surface area contributed by atoms with Gasteiger partial charge in [-0.15, -0.1) is 0 Å². The number of anilines is 3. The zero-order valence-corrected chi connectivity index (χ0v) is 19.6. The Hall–Kier alpha value is -3.17. The predicted molar refractivity (Wildman–Crippen MR) is 134 cm³/mol. The van der Waals surface area contributed by atoms with E-state index in [-0.39, 0.29) is 0 Å². The summed E-state index contributed by atoms with van der Waals surface area (Å²) in [5, 5.41) is 6.81. The number of pyridine rings is 1. The molecule has 0 spiro atoms. The molecule has 8 heteroatoms. The number of ether oxygens (including phenoxy) is 3. The van der Waals surface area contributed by atoms with E-state index in [9.17, 15) is 0 Å². The normalized spacial score (nSPS) is 15.0. The second-order valence-corrected chi connectivity index (χ2v) is 8.10. The Morgan fingerprint density at radius 3 is 2.59 bits per heavy atom. The summed E-state index contributed by atoms with van der Waals surface area (Å²) in [4.78, 5) is 6.88. The highest BCUT2D eigenvalue weighted by molar-refractivity contribution is 5.64. The van der Waals surface area contributed by atoms with Crippen molar-refractivity contribution < 1.29 is 14.2 Å². The van der Waals surface area contributed by atoms with Crippen LogP contribution in [0.25, 0.3) is 0 Å². The molecule has 1 fully saturated rings. The van der Waals surface area contributed by atoms with Crippen molar-refractivity contribution in [3.63, 3.8) is 0 Å². The first-order valence-corrected chi connectivity index (χ1v) is 11.6. The lowest BCUT2D eigenvalue weighted by Crippen LogP contribution is -2.38. The minimum atomic E-state index is -0.561. The van der Waals surface area contributed by atoms with Gasteiger partial charge in [-0.1, -0.05) is 30.3 Å². The number of hydrogen-bond acceptors (Lipinski definition) is 8. The van der Waals surface area contributed by atoms with Crippen LogP contribution < -0.4 is 21.1 Å². The third-order valence-electron chi connectivity index (χ3n) is 5.73. The maximum absolute atomic E-state index is 6.13. The average Bonchev–Trinajstić information content (AvgIpc) is 2.89. The third-order valence-corrected chi connectivity index (χ3v) is 5.73. The lowest BCUT2D eigenvalue weighted by molar-refractivity contribution is 0.0322. The van der Waals surface area contributed by atoms with Crippen LogP contribution in [0.3, 0.4) is 0 Å². The summed E-state index contributed by atoms with van der Waals surface area (Å²) in [5.41, 5.74) is 9.90. The van der Waals surface area contributed by atoms with Gasteiger partial charge in [-0.05, 0) is 29.8 Å². The molecule has 2 heterocycles. The molecule has 1 atom stereocenters.